The summed E-state index contributed by atoms with van der Waals surface area (Å²) in [4.78, 5) is 9.25. The number of benzene rings is 5. The molecule has 0 fully saturated rings. The molecule has 6 heteroatoms. The Hall–Kier alpha value is -4.39. The van der Waals surface area contributed by atoms with E-state index in [4.69, 9.17) is 12.1 Å². The Balaban J connectivity index is 0.000000173. The molecule has 0 amide bonds. The summed E-state index contributed by atoms with van der Waals surface area (Å²) in [5, 5.41) is 4.67. The molecule has 1 radical (unpaired) electrons. The summed E-state index contributed by atoms with van der Waals surface area (Å²) >= 11 is 0.0250. The van der Waals surface area contributed by atoms with Crippen LogP contribution in [0.1, 0.15) is 22.2 Å². The van der Waals surface area contributed by atoms with Gasteiger partial charge in [-0.05, 0) is 47.3 Å². The fourth-order valence-electron chi connectivity index (χ4n) is 6.55. The van der Waals surface area contributed by atoms with Crippen LogP contribution >= 0.6 is 11.3 Å². The molecule has 0 spiro atoms. The monoisotopic (exact) mass is 949 g/mol. The van der Waals surface area contributed by atoms with E-state index in [1.54, 1.807) is 12.3 Å². The SMILES string of the molecule is [2H]C([2H])(c1ccnc(-c2[c-]cc3oc4ccc(-c5ccccc5)cc4c3c2)c1)C(C)C.[CH3][Ge]([CH3])([CH3])[c]1ccc(-c2[c-]ccc3c2sc2ccccc23)nc1.[Ir]. The summed E-state index contributed by atoms with van der Waals surface area (Å²) in [5.41, 5.74) is 8.20. The Bertz CT molecular complexity index is 2770. The average molecular weight is 948 g/mol. The molecular weight excluding hydrogens is 905 g/mol. The Morgan fingerprint density at radius 3 is 2.30 bits per heavy atom. The molecule has 9 aromatic rings. The number of rotatable bonds is 6. The molecule has 0 saturated heterocycles. The number of aromatic nitrogens is 2. The third-order valence-corrected chi connectivity index (χ3v) is 14.7. The van der Waals surface area contributed by atoms with Crippen LogP contribution in [0.25, 0.3) is 75.8 Å². The van der Waals surface area contributed by atoms with Gasteiger partial charge >= 0.3 is 143 Å². The van der Waals surface area contributed by atoms with Crippen molar-refractivity contribution in [1.29, 1.82) is 0 Å². The summed E-state index contributed by atoms with van der Waals surface area (Å²) in [6.07, 6.45) is 2.33. The van der Waals surface area contributed by atoms with Gasteiger partial charge in [-0.2, -0.15) is 0 Å². The minimum atomic E-state index is -1.81. The Labute approximate surface area is 334 Å². The molecule has 5 aromatic carbocycles. The fourth-order valence-corrected chi connectivity index (χ4v) is 9.93. The third kappa shape index (κ3) is 7.81. The number of fused-ring (bicyclic) bond motifs is 6. The largest absolute Gasteiger partial charge is 0 e. The zero-order chi connectivity index (χ0) is 37.6. The Kier molecular flexibility index (Phi) is 10.1. The molecule has 4 aromatic heterocycles. The van der Waals surface area contributed by atoms with E-state index in [1.165, 1.54) is 24.6 Å². The van der Waals surface area contributed by atoms with Gasteiger partial charge in [0.15, 0.2) is 0 Å². The average Bonchev–Trinajstić information content (AvgIpc) is 3.76. The van der Waals surface area contributed by atoms with Crippen LogP contribution in [0, 0.1) is 18.1 Å². The minimum Gasteiger partial charge on any atom is 0 e. The van der Waals surface area contributed by atoms with Crippen molar-refractivity contribution in [3.63, 3.8) is 0 Å². The third-order valence-electron chi connectivity index (χ3n) is 9.23. The van der Waals surface area contributed by atoms with E-state index in [0.29, 0.717) is 11.3 Å². The molecule has 9 rings (SSSR count). The second-order valence-corrected chi connectivity index (χ2v) is 26.1. The maximum absolute atomic E-state index is 8.41. The normalized spacial score (nSPS) is 12.4. The van der Waals surface area contributed by atoms with E-state index in [0.717, 1.165) is 49.9 Å². The smallest absolute Gasteiger partial charge is 0 e. The summed E-state index contributed by atoms with van der Waals surface area (Å²) < 4.78 is 26.9. The van der Waals surface area contributed by atoms with Gasteiger partial charge in [0.05, 0.1) is 5.58 Å². The molecule has 3 nitrogen and oxygen atoms in total. The van der Waals surface area contributed by atoms with E-state index in [-0.39, 0.29) is 26.0 Å². The first-order valence-corrected chi connectivity index (χ1v) is 25.8. The maximum atomic E-state index is 8.41. The predicted molar refractivity (Wildman–Crippen MR) is 224 cm³/mol. The van der Waals surface area contributed by atoms with Gasteiger partial charge in [-0.25, -0.2) is 0 Å². The molecule has 0 aliphatic carbocycles. The fraction of sp³-hybridized carbons (Fsp3) is 0.149. The summed E-state index contributed by atoms with van der Waals surface area (Å²) in [6, 6.07) is 47.9. The van der Waals surface area contributed by atoms with Crippen LogP contribution in [0.4, 0.5) is 0 Å². The molecule has 0 unspecified atom stereocenters. The van der Waals surface area contributed by atoms with Gasteiger partial charge in [0.25, 0.3) is 0 Å². The van der Waals surface area contributed by atoms with Crippen LogP contribution in [0.2, 0.25) is 17.3 Å². The van der Waals surface area contributed by atoms with Crippen molar-refractivity contribution < 1.29 is 27.3 Å². The van der Waals surface area contributed by atoms with E-state index in [1.807, 2.05) is 73.7 Å². The Morgan fingerprint density at radius 1 is 0.736 bits per heavy atom. The predicted octanol–water partition coefficient (Wildman–Crippen LogP) is 12.8. The zero-order valence-electron chi connectivity index (χ0n) is 32.3. The molecule has 0 aliphatic rings. The molecule has 0 atom stereocenters. The van der Waals surface area contributed by atoms with E-state index in [2.05, 4.69) is 107 Å². The topological polar surface area (TPSA) is 38.9 Å². The van der Waals surface area contributed by atoms with Gasteiger partial charge in [-0.1, -0.05) is 67.3 Å². The van der Waals surface area contributed by atoms with Gasteiger partial charge in [0.1, 0.15) is 5.58 Å². The molecule has 4 heterocycles. The number of hydrogen-bond acceptors (Lipinski definition) is 4. The number of nitrogens with zero attached hydrogens (tertiary/aromatic N) is 2. The maximum Gasteiger partial charge on any atom is 0 e. The van der Waals surface area contributed by atoms with Crippen molar-refractivity contribution in [3.8, 4) is 33.6 Å². The minimum absolute atomic E-state index is 0. The van der Waals surface area contributed by atoms with Crippen molar-refractivity contribution in [2.24, 2.45) is 5.92 Å². The second-order valence-electron chi connectivity index (χ2n) is 14.4. The van der Waals surface area contributed by atoms with E-state index < -0.39 is 19.6 Å². The zero-order valence-corrected chi connectivity index (χ0v) is 35.6. The van der Waals surface area contributed by atoms with Crippen LogP contribution in [0.5, 0.6) is 0 Å². The van der Waals surface area contributed by atoms with Crippen LogP contribution in [-0.2, 0) is 26.5 Å². The number of thiophene rings is 1. The van der Waals surface area contributed by atoms with Crippen molar-refractivity contribution >= 4 is 71.1 Å². The molecule has 0 saturated carbocycles. The van der Waals surface area contributed by atoms with Gasteiger partial charge in [-0.15, -0.1) is 23.8 Å². The van der Waals surface area contributed by atoms with Crippen LogP contribution in [0.15, 0.2) is 138 Å². The molecule has 265 valence electrons. The summed E-state index contributed by atoms with van der Waals surface area (Å²) in [7, 11) is 0. The number of pyridine rings is 2. The van der Waals surface area contributed by atoms with Crippen molar-refractivity contribution in [3.05, 3.63) is 151 Å². The van der Waals surface area contributed by atoms with Crippen LogP contribution in [-0.4, -0.2) is 23.2 Å². The van der Waals surface area contributed by atoms with E-state index >= 15 is 0 Å². The summed E-state index contributed by atoms with van der Waals surface area (Å²) in [6.45, 7) is 3.78. The van der Waals surface area contributed by atoms with Crippen molar-refractivity contribution in [2.45, 2.75) is 37.5 Å². The molecule has 0 bridgehead atoms. The van der Waals surface area contributed by atoms with Crippen LogP contribution < -0.4 is 4.40 Å². The number of furan rings is 1. The molecule has 53 heavy (non-hydrogen) atoms. The van der Waals surface area contributed by atoms with Gasteiger partial charge in [0, 0.05) is 34.4 Å². The Morgan fingerprint density at radius 2 is 1.53 bits per heavy atom. The van der Waals surface area contributed by atoms with Gasteiger partial charge < -0.3 is 9.40 Å². The number of hydrogen-bond donors (Lipinski definition) is 0. The summed E-state index contributed by atoms with van der Waals surface area (Å²) in [5.74, 6) is 7.06. The first kappa shape index (κ1) is 34.4. The quantitative estimate of drug-likeness (QED) is 0.123. The first-order chi connectivity index (χ1) is 26.0. The van der Waals surface area contributed by atoms with E-state index in [9.17, 15) is 0 Å². The second kappa shape index (κ2) is 15.5. The first-order valence-electron chi connectivity index (χ1n) is 18.7. The van der Waals surface area contributed by atoms with Crippen molar-refractivity contribution in [1.82, 2.24) is 9.97 Å². The van der Waals surface area contributed by atoms with Crippen LogP contribution in [0.3, 0.4) is 0 Å². The molecule has 0 aliphatic heterocycles. The standard InChI is InChI=1S/C27H22NO.C20H18GeNS.Ir/c1-18(2)14-19-12-13-28-25(15-19)22-9-11-27-24(17-22)23-16-21(8-10-26(23)29-27)20-6-4-3-5-7-20;1-21(2,3)14-11-12-18(22-13-14)17-9-6-8-16-15-7-4-5-10-19(15)23-20(16)17;/h3-8,10-13,15-18H,14H2,1-2H3;4-8,10-13H,1-3H3;/q2*-1;/i14D2;;. The molecular formula is C47H40GeIrN2OS-2. The van der Waals surface area contributed by atoms with Gasteiger partial charge in [-0.3, -0.25) is 0 Å². The van der Waals surface area contributed by atoms with Crippen molar-refractivity contribution in [2.75, 3.05) is 0 Å². The van der Waals surface area contributed by atoms with Gasteiger partial charge in [0.2, 0.25) is 0 Å². The molecule has 0 N–H and O–H groups in total.